The van der Waals surface area contributed by atoms with Gasteiger partial charge in [0.1, 0.15) is 5.82 Å². The molecule has 1 amide bonds. The molecular formula is C11H12BrFN2O. The molecule has 0 saturated heterocycles. The third-order valence-electron chi connectivity index (χ3n) is 1.94. The Balaban J connectivity index is 2.76. The smallest absolute Gasteiger partial charge is 0.241 e. The van der Waals surface area contributed by atoms with Crippen LogP contribution in [0.15, 0.2) is 35.3 Å². The molecular weight excluding hydrogens is 275 g/mol. The minimum Gasteiger partial charge on any atom is -0.322 e. The predicted octanol–water partition coefficient (Wildman–Crippen LogP) is 2.43. The number of hydrogen-bond donors (Lipinski definition) is 2. The number of amides is 1. The van der Waals surface area contributed by atoms with Crippen LogP contribution in [0.5, 0.6) is 0 Å². The first-order chi connectivity index (χ1) is 7.54. The summed E-state index contributed by atoms with van der Waals surface area (Å²) in [5.41, 5.74) is 5.66. The monoisotopic (exact) mass is 286 g/mol. The molecule has 3 nitrogen and oxygen atoms in total. The fourth-order valence-electron chi connectivity index (χ4n) is 1.11. The lowest BCUT2D eigenvalue weighted by Crippen LogP contribution is -2.35. The lowest BCUT2D eigenvalue weighted by Gasteiger charge is -2.11. The maximum Gasteiger partial charge on any atom is 0.241 e. The topological polar surface area (TPSA) is 55.1 Å². The van der Waals surface area contributed by atoms with Crippen LogP contribution in [0.1, 0.15) is 6.42 Å². The number of hydrogen-bond acceptors (Lipinski definition) is 2. The van der Waals surface area contributed by atoms with E-state index in [2.05, 4.69) is 27.8 Å². The van der Waals surface area contributed by atoms with Gasteiger partial charge in [-0.15, -0.1) is 6.58 Å². The van der Waals surface area contributed by atoms with E-state index in [1.165, 1.54) is 12.1 Å². The Bertz CT molecular complexity index is 409. The number of halogens is 2. The van der Waals surface area contributed by atoms with Crippen LogP contribution in [-0.4, -0.2) is 11.9 Å². The maximum absolute atomic E-state index is 13.3. The second kappa shape index (κ2) is 5.77. The molecule has 1 aromatic rings. The van der Waals surface area contributed by atoms with Gasteiger partial charge >= 0.3 is 0 Å². The van der Waals surface area contributed by atoms with E-state index in [0.29, 0.717) is 10.9 Å². The molecule has 1 unspecified atom stereocenters. The lowest BCUT2D eigenvalue weighted by molar-refractivity contribution is -0.117. The average molecular weight is 287 g/mol. The van der Waals surface area contributed by atoms with E-state index in [1.807, 2.05) is 0 Å². The molecule has 0 spiro atoms. The molecule has 0 bridgehead atoms. The van der Waals surface area contributed by atoms with Gasteiger partial charge in [-0.2, -0.15) is 0 Å². The van der Waals surface area contributed by atoms with Gasteiger partial charge in [0.05, 0.1) is 11.7 Å². The number of nitrogens with two attached hydrogens (primary N) is 1. The summed E-state index contributed by atoms with van der Waals surface area (Å²) in [6.45, 7) is 3.48. The minimum absolute atomic E-state index is 0.110. The Hall–Kier alpha value is -1.20. The number of rotatable bonds is 4. The largest absolute Gasteiger partial charge is 0.322 e. The zero-order chi connectivity index (χ0) is 12.1. The summed E-state index contributed by atoms with van der Waals surface area (Å²) in [5, 5.41) is 2.42. The third kappa shape index (κ3) is 3.43. The second-order valence-corrected chi connectivity index (χ2v) is 4.16. The van der Waals surface area contributed by atoms with Crippen LogP contribution in [0.25, 0.3) is 0 Å². The minimum atomic E-state index is -0.712. The SMILES string of the molecule is C=CCC(N)C(=O)Nc1cc(Br)ccc1F. The third-order valence-corrected chi connectivity index (χ3v) is 2.44. The van der Waals surface area contributed by atoms with Crippen LogP contribution in [0.3, 0.4) is 0 Å². The van der Waals surface area contributed by atoms with Crippen LogP contribution in [0.2, 0.25) is 0 Å². The standard InChI is InChI=1S/C11H12BrFN2O/c1-2-3-9(14)11(16)15-10-6-7(12)4-5-8(10)13/h2,4-6,9H,1,3,14H2,(H,15,16). The van der Waals surface area contributed by atoms with Gasteiger partial charge in [0.15, 0.2) is 0 Å². The zero-order valence-corrected chi connectivity index (χ0v) is 10.1. The Kier molecular flexibility index (Phi) is 4.64. The Morgan fingerprint density at radius 1 is 1.69 bits per heavy atom. The van der Waals surface area contributed by atoms with Crippen molar-refractivity contribution < 1.29 is 9.18 Å². The molecule has 0 aliphatic carbocycles. The van der Waals surface area contributed by atoms with Crippen molar-refractivity contribution in [2.24, 2.45) is 5.73 Å². The fraction of sp³-hybridized carbons (Fsp3) is 0.182. The maximum atomic E-state index is 13.3. The van der Waals surface area contributed by atoms with E-state index < -0.39 is 17.8 Å². The molecule has 86 valence electrons. The van der Waals surface area contributed by atoms with Crippen LogP contribution in [0.4, 0.5) is 10.1 Å². The molecule has 0 fully saturated rings. The van der Waals surface area contributed by atoms with Gasteiger partial charge in [-0.25, -0.2) is 4.39 Å². The molecule has 1 rings (SSSR count). The highest BCUT2D eigenvalue weighted by Crippen LogP contribution is 2.20. The van der Waals surface area contributed by atoms with Crippen molar-refractivity contribution >= 4 is 27.5 Å². The lowest BCUT2D eigenvalue weighted by atomic mass is 10.2. The van der Waals surface area contributed by atoms with Gasteiger partial charge in [-0.1, -0.05) is 22.0 Å². The molecule has 1 aromatic carbocycles. The van der Waals surface area contributed by atoms with Crippen molar-refractivity contribution in [3.8, 4) is 0 Å². The van der Waals surface area contributed by atoms with Crippen molar-refractivity contribution in [1.82, 2.24) is 0 Å². The summed E-state index contributed by atoms with van der Waals surface area (Å²) in [6, 6.07) is 3.58. The van der Waals surface area contributed by atoms with E-state index >= 15 is 0 Å². The molecule has 0 aromatic heterocycles. The van der Waals surface area contributed by atoms with Gasteiger partial charge in [-0.3, -0.25) is 4.79 Å². The molecule has 5 heteroatoms. The zero-order valence-electron chi connectivity index (χ0n) is 8.54. The number of nitrogens with one attached hydrogen (secondary N) is 1. The van der Waals surface area contributed by atoms with E-state index in [1.54, 1.807) is 12.1 Å². The van der Waals surface area contributed by atoms with E-state index in [-0.39, 0.29) is 5.69 Å². The van der Waals surface area contributed by atoms with Crippen LogP contribution < -0.4 is 11.1 Å². The Morgan fingerprint density at radius 2 is 2.38 bits per heavy atom. The highest BCUT2D eigenvalue weighted by atomic mass is 79.9. The van der Waals surface area contributed by atoms with E-state index in [9.17, 15) is 9.18 Å². The van der Waals surface area contributed by atoms with Crippen LogP contribution >= 0.6 is 15.9 Å². The van der Waals surface area contributed by atoms with Crippen molar-refractivity contribution in [3.05, 3.63) is 41.1 Å². The first kappa shape index (κ1) is 12.9. The van der Waals surface area contributed by atoms with Crippen LogP contribution in [0, 0.1) is 5.82 Å². The highest BCUT2D eigenvalue weighted by molar-refractivity contribution is 9.10. The van der Waals surface area contributed by atoms with Gasteiger partial charge in [0, 0.05) is 4.47 Å². The summed E-state index contributed by atoms with van der Waals surface area (Å²) in [5.74, 6) is -0.931. The van der Waals surface area contributed by atoms with E-state index in [0.717, 1.165) is 0 Å². The average Bonchev–Trinajstić information content (AvgIpc) is 2.23. The quantitative estimate of drug-likeness (QED) is 0.836. The summed E-state index contributed by atoms with van der Waals surface area (Å²) < 4.78 is 14.0. The van der Waals surface area contributed by atoms with E-state index in [4.69, 9.17) is 5.73 Å². The van der Waals surface area contributed by atoms with Gasteiger partial charge in [0.25, 0.3) is 0 Å². The fourth-order valence-corrected chi connectivity index (χ4v) is 1.47. The molecule has 3 N–H and O–H groups in total. The molecule has 0 aliphatic rings. The second-order valence-electron chi connectivity index (χ2n) is 3.24. The first-order valence-electron chi connectivity index (χ1n) is 4.67. The Morgan fingerprint density at radius 3 is 3.00 bits per heavy atom. The summed E-state index contributed by atoms with van der Waals surface area (Å²) in [7, 11) is 0. The summed E-state index contributed by atoms with van der Waals surface area (Å²) >= 11 is 3.19. The molecule has 16 heavy (non-hydrogen) atoms. The summed E-state index contributed by atoms with van der Waals surface area (Å²) in [4.78, 5) is 11.5. The molecule has 0 aliphatic heterocycles. The molecule has 0 heterocycles. The van der Waals surface area contributed by atoms with Crippen molar-refractivity contribution in [2.45, 2.75) is 12.5 Å². The number of carbonyl (C=O) groups excluding carboxylic acids is 1. The van der Waals surface area contributed by atoms with Crippen molar-refractivity contribution in [2.75, 3.05) is 5.32 Å². The number of benzene rings is 1. The van der Waals surface area contributed by atoms with Crippen molar-refractivity contribution in [3.63, 3.8) is 0 Å². The van der Waals surface area contributed by atoms with Crippen LogP contribution in [-0.2, 0) is 4.79 Å². The number of carbonyl (C=O) groups is 1. The van der Waals surface area contributed by atoms with Crippen molar-refractivity contribution in [1.29, 1.82) is 0 Å². The van der Waals surface area contributed by atoms with Gasteiger partial charge < -0.3 is 11.1 Å². The number of anilines is 1. The van der Waals surface area contributed by atoms with Gasteiger partial charge in [0.2, 0.25) is 5.91 Å². The molecule has 1 atom stereocenters. The van der Waals surface area contributed by atoms with Gasteiger partial charge in [-0.05, 0) is 24.6 Å². The predicted molar refractivity (Wildman–Crippen MR) is 65.5 cm³/mol. The summed E-state index contributed by atoms with van der Waals surface area (Å²) in [6.07, 6.45) is 1.89. The molecule has 0 radical (unpaired) electrons. The Labute approximate surface area is 102 Å². The normalized spacial score (nSPS) is 11.9. The first-order valence-corrected chi connectivity index (χ1v) is 5.46. The molecule has 0 saturated carbocycles. The highest BCUT2D eigenvalue weighted by Gasteiger charge is 2.13.